The first-order valence-electron chi connectivity index (χ1n) is 8.93. The van der Waals surface area contributed by atoms with Crippen molar-refractivity contribution in [1.82, 2.24) is 4.90 Å². The Bertz CT molecular complexity index is 292. The molecule has 2 rings (SSSR count). The molecular weight excluding hydrogens is 244 g/mol. The highest BCUT2D eigenvalue weighted by Gasteiger charge is 2.36. The van der Waals surface area contributed by atoms with Gasteiger partial charge in [0.1, 0.15) is 0 Å². The Morgan fingerprint density at radius 3 is 2.30 bits per heavy atom. The molecule has 2 fully saturated rings. The Morgan fingerprint density at radius 2 is 1.75 bits per heavy atom. The second-order valence-electron chi connectivity index (χ2n) is 8.10. The van der Waals surface area contributed by atoms with Crippen LogP contribution in [0.1, 0.15) is 72.6 Å². The van der Waals surface area contributed by atoms with Crippen molar-refractivity contribution in [1.29, 1.82) is 0 Å². The predicted molar refractivity (Wildman–Crippen MR) is 87.8 cm³/mol. The minimum Gasteiger partial charge on any atom is -0.329 e. The van der Waals surface area contributed by atoms with Gasteiger partial charge in [-0.2, -0.15) is 0 Å². The summed E-state index contributed by atoms with van der Waals surface area (Å²) in [5.41, 5.74) is 6.58. The first-order chi connectivity index (χ1) is 9.47. The van der Waals surface area contributed by atoms with Crippen LogP contribution in [0.15, 0.2) is 0 Å². The summed E-state index contributed by atoms with van der Waals surface area (Å²) in [6.45, 7) is 11.8. The van der Waals surface area contributed by atoms with Gasteiger partial charge in [-0.05, 0) is 62.3 Å². The molecule has 0 spiro atoms. The Hall–Kier alpha value is -0.0800. The number of hydrogen-bond acceptors (Lipinski definition) is 2. The number of hydrogen-bond donors (Lipinski definition) is 1. The molecule has 2 nitrogen and oxygen atoms in total. The van der Waals surface area contributed by atoms with Gasteiger partial charge in [0.2, 0.25) is 0 Å². The molecule has 2 atom stereocenters. The van der Waals surface area contributed by atoms with Gasteiger partial charge in [0.15, 0.2) is 0 Å². The van der Waals surface area contributed by atoms with Crippen LogP contribution in [0, 0.1) is 17.3 Å². The smallest absolute Gasteiger partial charge is 0.0223 e. The largest absolute Gasteiger partial charge is 0.329 e. The summed E-state index contributed by atoms with van der Waals surface area (Å²) in [5, 5.41) is 0. The van der Waals surface area contributed by atoms with Gasteiger partial charge in [-0.15, -0.1) is 0 Å². The Balaban J connectivity index is 1.90. The summed E-state index contributed by atoms with van der Waals surface area (Å²) >= 11 is 0. The standard InChI is InChI=1S/C18H36N2/c1-5-18(3,4)15-6-8-16(9-7-15)20-11-10-14(2)12-17(20)13-19/h14-17H,5-13,19H2,1-4H3. The minimum atomic E-state index is 0.536. The van der Waals surface area contributed by atoms with Crippen molar-refractivity contribution in [3.05, 3.63) is 0 Å². The predicted octanol–water partition coefficient (Wildman–Crippen LogP) is 4.04. The number of nitrogens with two attached hydrogens (primary N) is 1. The van der Waals surface area contributed by atoms with Gasteiger partial charge in [0, 0.05) is 18.6 Å². The fourth-order valence-corrected chi connectivity index (χ4v) is 4.46. The number of nitrogens with zero attached hydrogens (tertiary/aromatic N) is 1. The third-order valence-corrected chi connectivity index (χ3v) is 6.48. The summed E-state index contributed by atoms with van der Waals surface area (Å²) in [6, 6.07) is 1.47. The molecule has 0 aromatic rings. The Morgan fingerprint density at radius 1 is 1.10 bits per heavy atom. The van der Waals surface area contributed by atoms with Crippen molar-refractivity contribution in [2.45, 2.75) is 84.7 Å². The van der Waals surface area contributed by atoms with E-state index in [9.17, 15) is 0 Å². The van der Waals surface area contributed by atoms with Crippen LogP contribution >= 0.6 is 0 Å². The SMILES string of the molecule is CCC(C)(C)C1CCC(N2CCC(C)CC2CN)CC1. The number of piperidine rings is 1. The quantitative estimate of drug-likeness (QED) is 0.842. The fourth-order valence-electron chi connectivity index (χ4n) is 4.46. The molecule has 2 N–H and O–H groups in total. The Labute approximate surface area is 126 Å². The van der Waals surface area contributed by atoms with Crippen LogP contribution in [-0.2, 0) is 0 Å². The van der Waals surface area contributed by atoms with Crippen LogP contribution in [0.25, 0.3) is 0 Å². The van der Waals surface area contributed by atoms with Crippen molar-refractivity contribution < 1.29 is 0 Å². The van der Waals surface area contributed by atoms with E-state index in [2.05, 4.69) is 32.6 Å². The maximum absolute atomic E-state index is 6.04. The van der Waals surface area contributed by atoms with Crippen LogP contribution in [0.3, 0.4) is 0 Å². The maximum atomic E-state index is 6.04. The van der Waals surface area contributed by atoms with E-state index in [4.69, 9.17) is 5.73 Å². The van der Waals surface area contributed by atoms with Crippen LogP contribution in [0.5, 0.6) is 0 Å². The van der Waals surface area contributed by atoms with E-state index in [1.165, 1.54) is 51.5 Å². The van der Waals surface area contributed by atoms with Crippen LogP contribution in [0.2, 0.25) is 0 Å². The van der Waals surface area contributed by atoms with Crippen molar-refractivity contribution in [2.75, 3.05) is 13.1 Å². The lowest BCUT2D eigenvalue weighted by molar-refractivity contribution is 0.0314. The van der Waals surface area contributed by atoms with Gasteiger partial charge in [0.25, 0.3) is 0 Å². The van der Waals surface area contributed by atoms with Gasteiger partial charge in [-0.1, -0.05) is 34.1 Å². The summed E-state index contributed by atoms with van der Waals surface area (Å²) in [4.78, 5) is 2.77. The molecule has 0 radical (unpaired) electrons. The molecular formula is C18H36N2. The second kappa shape index (κ2) is 6.79. The summed E-state index contributed by atoms with van der Waals surface area (Å²) in [5.74, 6) is 1.80. The Kier molecular flexibility index (Phi) is 5.53. The summed E-state index contributed by atoms with van der Waals surface area (Å²) < 4.78 is 0. The lowest BCUT2D eigenvalue weighted by Crippen LogP contribution is -2.52. The molecule has 2 aliphatic rings. The third-order valence-electron chi connectivity index (χ3n) is 6.48. The van der Waals surface area contributed by atoms with E-state index >= 15 is 0 Å². The first-order valence-corrected chi connectivity index (χ1v) is 8.93. The number of rotatable bonds is 4. The van der Waals surface area contributed by atoms with E-state index in [1.807, 2.05) is 0 Å². The molecule has 0 bridgehead atoms. The highest BCUT2D eigenvalue weighted by atomic mass is 15.2. The lowest BCUT2D eigenvalue weighted by atomic mass is 9.68. The van der Waals surface area contributed by atoms with Crippen LogP contribution in [0.4, 0.5) is 0 Å². The van der Waals surface area contributed by atoms with Crippen LogP contribution < -0.4 is 5.73 Å². The zero-order valence-electron chi connectivity index (χ0n) is 14.2. The number of likely N-dealkylation sites (tertiary alicyclic amines) is 1. The van der Waals surface area contributed by atoms with E-state index in [-0.39, 0.29) is 0 Å². The molecule has 1 heterocycles. The van der Waals surface area contributed by atoms with Crippen molar-refractivity contribution in [2.24, 2.45) is 23.0 Å². The molecule has 1 saturated heterocycles. The first kappa shape index (κ1) is 16.3. The molecule has 0 aromatic carbocycles. The van der Waals surface area contributed by atoms with Crippen molar-refractivity contribution in [3.8, 4) is 0 Å². The topological polar surface area (TPSA) is 29.3 Å². The van der Waals surface area contributed by atoms with Crippen LogP contribution in [-0.4, -0.2) is 30.1 Å². The normalized spacial score (nSPS) is 37.0. The van der Waals surface area contributed by atoms with Crippen molar-refractivity contribution >= 4 is 0 Å². The van der Waals surface area contributed by atoms with Gasteiger partial charge < -0.3 is 5.73 Å². The molecule has 20 heavy (non-hydrogen) atoms. The highest BCUT2D eigenvalue weighted by Crippen LogP contribution is 2.42. The molecule has 2 heteroatoms. The van der Waals surface area contributed by atoms with Gasteiger partial charge >= 0.3 is 0 Å². The van der Waals surface area contributed by atoms with Gasteiger partial charge in [-0.3, -0.25) is 4.90 Å². The van der Waals surface area contributed by atoms with Gasteiger partial charge in [0.05, 0.1) is 0 Å². The van der Waals surface area contributed by atoms with E-state index in [1.54, 1.807) is 0 Å². The summed E-state index contributed by atoms with van der Waals surface area (Å²) in [6.07, 6.45) is 9.66. The van der Waals surface area contributed by atoms with E-state index in [0.29, 0.717) is 11.5 Å². The monoisotopic (exact) mass is 280 g/mol. The zero-order chi connectivity index (χ0) is 14.8. The molecule has 0 amide bonds. The average Bonchev–Trinajstić information content (AvgIpc) is 2.47. The molecule has 1 saturated carbocycles. The molecule has 1 aliphatic carbocycles. The third kappa shape index (κ3) is 3.57. The molecule has 0 aromatic heterocycles. The average molecular weight is 280 g/mol. The lowest BCUT2D eigenvalue weighted by Gasteiger charge is -2.47. The molecule has 1 aliphatic heterocycles. The van der Waals surface area contributed by atoms with E-state index in [0.717, 1.165) is 24.4 Å². The summed E-state index contributed by atoms with van der Waals surface area (Å²) in [7, 11) is 0. The maximum Gasteiger partial charge on any atom is 0.0223 e. The highest BCUT2D eigenvalue weighted by molar-refractivity contribution is 4.90. The molecule has 118 valence electrons. The second-order valence-corrected chi connectivity index (χ2v) is 8.10. The minimum absolute atomic E-state index is 0.536. The fraction of sp³-hybridized carbons (Fsp3) is 1.00. The van der Waals surface area contributed by atoms with Crippen molar-refractivity contribution in [3.63, 3.8) is 0 Å². The molecule has 2 unspecified atom stereocenters. The van der Waals surface area contributed by atoms with Gasteiger partial charge in [-0.25, -0.2) is 0 Å². The zero-order valence-corrected chi connectivity index (χ0v) is 14.2. The van der Waals surface area contributed by atoms with E-state index < -0.39 is 0 Å².